The largest absolute Gasteiger partial charge is 0.215 e. The molecule has 2 rings (SSSR count). The summed E-state index contributed by atoms with van der Waals surface area (Å²) in [6, 6.07) is 6.67. The first-order valence-corrected chi connectivity index (χ1v) is 8.02. The summed E-state index contributed by atoms with van der Waals surface area (Å²) in [6.45, 7) is 0.284. The zero-order valence-corrected chi connectivity index (χ0v) is 11.3. The molecule has 1 aromatic carbocycles. The fourth-order valence-electron chi connectivity index (χ4n) is 2.75. The van der Waals surface area contributed by atoms with Crippen LogP contribution in [0.1, 0.15) is 31.2 Å². The molecule has 1 fully saturated rings. The van der Waals surface area contributed by atoms with Gasteiger partial charge in [0.15, 0.2) is 0 Å². The Morgan fingerprint density at radius 2 is 1.89 bits per heavy atom. The molecule has 0 aliphatic heterocycles. The molecule has 3 nitrogen and oxygen atoms in total. The summed E-state index contributed by atoms with van der Waals surface area (Å²) >= 11 is 0. The molecular formula is C13H18FNO2S. The van der Waals surface area contributed by atoms with Gasteiger partial charge in [0.05, 0.1) is 6.26 Å². The smallest absolute Gasteiger partial charge is 0.208 e. The van der Waals surface area contributed by atoms with Gasteiger partial charge < -0.3 is 0 Å². The molecule has 1 saturated carbocycles. The highest BCUT2D eigenvalue weighted by Crippen LogP contribution is 2.41. The van der Waals surface area contributed by atoms with Gasteiger partial charge in [0.1, 0.15) is 5.82 Å². The van der Waals surface area contributed by atoms with Crippen molar-refractivity contribution in [2.75, 3.05) is 12.8 Å². The third kappa shape index (κ3) is 2.90. The van der Waals surface area contributed by atoms with Gasteiger partial charge in [0.25, 0.3) is 0 Å². The second kappa shape index (κ2) is 4.97. The lowest BCUT2D eigenvalue weighted by molar-refractivity contribution is 0.411. The highest BCUT2D eigenvalue weighted by atomic mass is 32.2. The summed E-state index contributed by atoms with van der Waals surface area (Å²) < 4.78 is 38.9. The molecule has 0 atom stereocenters. The van der Waals surface area contributed by atoms with E-state index in [9.17, 15) is 12.8 Å². The molecule has 0 radical (unpaired) electrons. The second-order valence-corrected chi connectivity index (χ2v) is 6.89. The summed E-state index contributed by atoms with van der Waals surface area (Å²) in [7, 11) is -3.24. The van der Waals surface area contributed by atoms with E-state index in [0.717, 1.165) is 31.9 Å². The molecule has 0 unspecified atom stereocenters. The minimum Gasteiger partial charge on any atom is -0.215 e. The maximum atomic E-state index is 13.9. The van der Waals surface area contributed by atoms with Crippen LogP contribution in [0, 0.1) is 5.82 Å². The molecule has 1 aromatic rings. The molecule has 1 aliphatic carbocycles. The fourth-order valence-corrected chi connectivity index (χ4v) is 3.29. The highest BCUT2D eigenvalue weighted by Gasteiger charge is 2.37. The van der Waals surface area contributed by atoms with Gasteiger partial charge >= 0.3 is 0 Å². The standard InChI is InChI=1S/C13H18FNO2S/c1-18(16,17)15-10-13(8-4-5-9-13)11-6-2-3-7-12(11)14/h2-3,6-7,15H,4-5,8-10H2,1H3. The Balaban J connectivity index is 2.30. The first kappa shape index (κ1) is 13.5. The van der Waals surface area contributed by atoms with Crippen LogP contribution in [-0.2, 0) is 15.4 Å². The molecule has 0 spiro atoms. The molecule has 1 N–H and O–H groups in total. The Morgan fingerprint density at radius 3 is 2.44 bits per heavy atom. The Labute approximate surface area is 107 Å². The lowest BCUT2D eigenvalue weighted by atomic mass is 9.79. The van der Waals surface area contributed by atoms with Crippen molar-refractivity contribution >= 4 is 10.0 Å². The number of sulfonamides is 1. The minimum absolute atomic E-state index is 0.241. The number of benzene rings is 1. The van der Waals surface area contributed by atoms with Gasteiger partial charge in [0.2, 0.25) is 10.0 Å². The minimum atomic E-state index is -3.24. The van der Waals surface area contributed by atoms with E-state index in [-0.39, 0.29) is 17.8 Å². The van der Waals surface area contributed by atoms with Crippen molar-refractivity contribution < 1.29 is 12.8 Å². The van der Waals surface area contributed by atoms with Crippen molar-refractivity contribution in [1.82, 2.24) is 4.72 Å². The fraction of sp³-hybridized carbons (Fsp3) is 0.538. The van der Waals surface area contributed by atoms with Gasteiger partial charge in [-0.15, -0.1) is 0 Å². The Morgan fingerprint density at radius 1 is 1.28 bits per heavy atom. The zero-order valence-electron chi connectivity index (χ0n) is 10.4. The normalized spacial score (nSPS) is 19.0. The van der Waals surface area contributed by atoms with Crippen molar-refractivity contribution in [2.24, 2.45) is 0 Å². The number of rotatable bonds is 4. The predicted molar refractivity (Wildman–Crippen MR) is 69.4 cm³/mol. The van der Waals surface area contributed by atoms with E-state index < -0.39 is 10.0 Å². The van der Waals surface area contributed by atoms with Crippen LogP contribution in [-0.4, -0.2) is 21.2 Å². The van der Waals surface area contributed by atoms with Crippen molar-refractivity contribution in [1.29, 1.82) is 0 Å². The van der Waals surface area contributed by atoms with Crippen molar-refractivity contribution in [3.63, 3.8) is 0 Å². The van der Waals surface area contributed by atoms with Crippen LogP contribution >= 0.6 is 0 Å². The van der Waals surface area contributed by atoms with Crippen molar-refractivity contribution in [2.45, 2.75) is 31.1 Å². The van der Waals surface area contributed by atoms with E-state index in [4.69, 9.17) is 0 Å². The maximum absolute atomic E-state index is 13.9. The average molecular weight is 271 g/mol. The van der Waals surface area contributed by atoms with Crippen molar-refractivity contribution in [3.8, 4) is 0 Å². The summed E-state index contributed by atoms with van der Waals surface area (Å²) in [6.07, 6.45) is 4.82. The van der Waals surface area contributed by atoms with Crippen LogP contribution < -0.4 is 4.72 Å². The van der Waals surface area contributed by atoms with Gasteiger partial charge in [-0.3, -0.25) is 0 Å². The molecule has 18 heavy (non-hydrogen) atoms. The molecule has 0 amide bonds. The van der Waals surface area contributed by atoms with Gasteiger partial charge in [-0.1, -0.05) is 31.0 Å². The van der Waals surface area contributed by atoms with Crippen LogP contribution in [0.3, 0.4) is 0 Å². The van der Waals surface area contributed by atoms with Gasteiger partial charge in [-0.25, -0.2) is 17.5 Å². The SMILES string of the molecule is CS(=O)(=O)NCC1(c2ccccc2F)CCCC1. The van der Waals surface area contributed by atoms with Crippen LogP contribution in [0.4, 0.5) is 4.39 Å². The Kier molecular flexibility index (Phi) is 3.73. The second-order valence-electron chi connectivity index (χ2n) is 5.06. The van der Waals surface area contributed by atoms with Crippen molar-refractivity contribution in [3.05, 3.63) is 35.6 Å². The number of hydrogen-bond donors (Lipinski definition) is 1. The molecule has 0 saturated heterocycles. The molecule has 5 heteroatoms. The molecule has 100 valence electrons. The highest BCUT2D eigenvalue weighted by molar-refractivity contribution is 7.88. The summed E-state index contributed by atoms with van der Waals surface area (Å²) in [5, 5.41) is 0. The van der Waals surface area contributed by atoms with E-state index in [2.05, 4.69) is 4.72 Å². The summed E-state index contributed by atoms with van der Waals surface area (Å²) in [4.78, 5) is 0. The summed E-state index contributed by atoms with van der Waals surface area (Å²) in [5.74, 6) is -0.241. The zero-order chi connectivity index (χ0) is 13.2. The predicted octanol–water partition coefficient (Wildman–Crippen LogP) is 2.19. The van der Waals surface area contributed by atoms with E-state index in [1.807, 2.05) is 0 Å². The Hall–Kier alpha value is -0.940. The lowest BCUT2D eigenvalue weighted by Gasteiger charge is -2.30. The third-order valence-corrected chi connectivity index (χ3v) is 4.35. The first-order valence-electron chi connectivity index (χ1n) is 6.13. The van der Waals surface area contributed by atoms with Crippen LogP contribution in [0.25, 0.3) is 0 Å². The molecular weight excluding hydrogens is 253 g/mol. The van der Waals surface area contributed by atoms with Crippen LogP contribution in [0.15, 0.2) is 24.3 Å². The van der Waals surface area contributed by atoms with E-state index in [1.165, 1.54) is 6.07 Å². The topological polar surface area (TPSA) is 46.2 Å². The summed E-state index contributed by atoms with van der Waals surface area (Å²) in [5.41, 5.74) is 0.257. The third-order valence-electron chi connectivity index (χ3n) is 3.68. The van der Waals surface area contributed by atoms with E-state index in [0.29, 0.717) is 5.56 Å². The van der Waals surface area contributed by atoms with Gasteiger partial charge in [0, 0.05) is 12.0 Å². The molecule has 1 aliphatic rings. The molecule has 0 bridgehead atoms. The molecule has 0 heterocycles. The van der Waals surface area contributed by atoms with E-state index >= 15 is 0 Å². The van der Waals surface area contributed by atoms with Gasteiger partial charge in [-0.05, 0) is 24.5 Å². The van der Waals surface area contributed by atoms with Crippen LogP contribution in [0.2, 0.25) is 0 Å². The maximum Gasteiger partial charge on any atom is 0.208 e. The number of nitrogens with one attached hydrogen (secondary N) is 1. The van der Waals surface area contributed by atoms with Gasteiger partial charge in [-0.2, -0.15) is 0 Å². The number of halogens is 1. The first-order chi connectivity index (χ1) is 8.43. The number of hydrogen-bond acceptors (Lipinski definition) is 2. The monoisotopic (exact) mass is 271 g/mol. The van der Waals surface area contributed by atoms with E-state index in [1.54, 1.807) is 18.2 Å². The Bertz CT molecular complexity index is 522. The van der Waals surface area contributed by atoms with Crippen LogP contribution in [0.5, 0.6) is 0 Å². The quantitative estimate of drug-likeness (QED) is 0.912. The lowest BCUT2D eigenvalue weighted by Crippen LogP contribution is -2.39. The average Bonchev–Trinajstić information content (AvgIpc) is 2.76. The molecule has 0 aromatic heterocycles.